The topological polar surface area (TPSA) is 92.1 Å². The number of carbonyl (C=O) groups excluding carboxylic acids is 1. The monoisotopic (exact) mass is 417 g/mol. The number of carbonyl (C=O) groups is 2. The molecule has 1 saturated heterocycles. The summed E-state index contributed by atoms with van der Waals surface area (Å²) in [6.45, 7) is 4.02. The quantitative estimate of drug-likeness (QED) is 0.752. The Morgan fingerprint density at radius 2 is 1.90 bits per heavy atom. The second-order valence-corrected chi connectivity index (χ2v) is 7.77. The highest BCUT2D eigenvalue weighted by atomic mass is 19.1. The van der Waals surface area contributed by atoms with E-state index in [4.69, 9.17) is 5.11 Å². The number of rotatable bonds is 5. The van der Waals surface area contributed by atoms with Gasteiger partial charge in [-0.1, -0.05) is 6.92 Å². The van der Waals surface area contributed by atoms with Crippen LogP contribution in [0.2, 0.25) is 0 Å². The maximum Gasteiger partial charge on any atom is 0.511 e. The number of anilines is 1. The fourth-order valence-electron chi connectivity index (χ4n) is 3.97. The Kier molecular flexibility index (Phi) is 5.36. The van der Waals surface area contributed by atoms with E-state index in [1.54, 1.807) is 15.5 Å². The first-order valence-electron chi connectivity index (χ1n) is 10.2. The Labute approximate surface area is 172 Å². The number of piperazine rings is 1. The van der Waals surface area contributed by atoms with Crippen LogP contribution in [0.3, 0.4) is 0 Å². The molecule has 2 aromatic rings. The molecule has 0 radical (unpaired) electrons. The van der Waals surface area contributed by atoms with Gasteiger partial charge in [0, 0.05) is 38.6 Å². The van der Waals surface area contributed by atoms with Gasteiger partial charge in [-0.2, -0.15) is 0 Å². The number of fused-ring (bicyclic) bond motifs is 1. The summed E-state index contributed by atoms with van der Waals surface area (Å²) in [7, 11) is 0. The molecule has 1 aromatic heterocycles. The molecule has 8 nitrogen and oxygen atoms in total. The Hall–Kier alpha value is -3.10. The van der Waals surface area contributed by atoms with E-state index in [2.05, 4.69) is 4.74 Å². The number of ether oxygens (including phenoxy) is 1. The average molecular weight is 417 g/mol. The second-order valence-electron chi connectivity index (χ2n) is 7.77. The van der Waals surface area contributed by atoms with Gasteiger partial charge in [-0.05, 0) is 31.4 Å². The Morgan fingerprint density at radius 3 is 2.50 bits per heavy atom. The molecule has 1 amide bonds. The van der Waals surface area contributed by atoms with Crippen LogP contribution in [0.5, 0.6) is 5.75 Å². The van der Waals surface area contributed by atoms with Crippen molar-refractivity contribution in [3.8, 4) is 5.75 Å². The first kappa shape index (κ1) is 20.2. The van der Waals surface area contributed by atoms with Crippen molar-refractivity contribution in [2.24, 2.45) is 0 Å². The molecule has 4 rings (SSSR count). The van der Waals surface area contributed by atoms with Crippen LogP contribution in [0, 0.1) is 5.82 Å². The predicted molar refractivity (Wildman–Crippen MR) is 109 cm³/mol. The highest BCUT2D eigenvalue weighted by molar-refractivity contribution is 5.85. The molecule has 1 aromatic carbocycles. The minimum atomic E-state index is -1.58. The molecule has 2 aliphatic rings. The van der Waals surface area contributed by atoms with Gasteiger partial charge in [0.2, 0.25) is 11.3 Å². The third kappa shape index (κ3) is 3.83. The number of pyridine rings is 1. The summed E-state index contributed by atoms with van der Waals surface area (Å²) in [5.74, 6) is -0.760. The van der Waals surface area contributed by atoms with Crippen LogP contribution in [0.4, 0.5) is 14.9 Å². The van der Waals surface area contributed by atoms with Crippen molar-refractivity contribution in [1.82, 2.24) is 9.47 Å². The van der Waals surface area contributed by atoms with Crippen molar-refractivity contribution in [2.75, 3.05) is 31.1 Å². The molecule has 0 unspecified atom stereocenters. The highest BCUT2D eigenvalue weighted by Crippen LogP contribution is 2.39. The molecule has 30 heavy (non-hydrogen) atoms. The predicted octanol–water partition coefficient (Wildman–Crippen LogP) is 2.98. The number of aromatic nitrogens is 1. The minimum Gasteiger partial charge on any atom is -0.449 e. The van der Waals surface area contributed by atoms with E-state index >= 15 is 0 Å². The van der Waals surface area contributed by atoms with Gasteiger partial charge in [-0.25, -0.2) is 9.18 Å². The van der Waals surface area contributed by atoms with Crippen LogP contribution in [-0.4, -0.2) is 52.8 Å². The molecule has 1 saturated carbocycles. The lowest BCUT2D eigenvalue weighted by molar-refractivity contribution is -0.131. The first-order chi connectivity index (χ1) is 14.4. The molecular weight excluding hydrogens is 393 g/mol. The Morgan fingerprint density at radius 1 is 1.20 bits per heavy atom. The molecule has 1 N–H and O–H groups in total. The lowest BCUT2D eigenvalue weighted by atomic mass is 10.1. The smallest absolute Gasteiger partial charge is 0.449 e. The number of hydrogen-bond acceptors (Lipinski definition) is 5. The summed E-state index contributed by atoms with van der Waals surface area (Å²) in [6, 6.07) is 2.94. The number of benzene rings is 1. The van der Waals surface area contributed by atoms with Crippen molar-refractivity contribution in [3.63, 3.8) is 0 Å². The lowest BCUT2D eigenvalue weighted by Gasteiger charge is -2.36. The van der Waals surface area contributed by atoms with Gasteiger partial charge < -0.3 is 24.2 Å². The largest absolute Gasteiger partial charge is 0.511 e. The van der Waals surface area contributed by atoms with E-state index < -0.39 is 17.4 Å². The molecule has 1 aliphatic heterocycles. The normalized spacial score (nSPS) is 16.7. The molecule has 9 heteroatoms. The molecule has 0 spiro atoms. The van der Waals surface area contributed by atoms with Crippen molar-refractivity contribution in [3.05, 3.63) is 34.4 Å². The van der Waals surface area contributed by atoms with Gasteiger partial charge in [-0.15, -0.1) is 0 Å². The maximum absolute atomic E-state index is 15.0. The summed E-state index contributed by atoms with van der Waals surface area (Å²) in [5, 5.41) is 8.99. The highest BCUT2D eigenvalue weighted by Gasteiger charge is 2.28. The maximum atomic E-state index is 15.0. The van der Waals surface area contributed by atoms with Crippen LogP contribution in [0.25, 0.3) is 10.9 Å². The van der Waals surface area contributed by atoms with E-state index in [0.717, 1.165) is 25.3 Å². The first-order valence-corrected chi connectivity index (χ1v) is 10.2. The van der Waals surface area contributed by atoms with Crippen LogP contribution in [0.1, 0.15) is 38.6 Å². The third-order valence-electron chi connectivity index (χ3n) is 5.64. The van der Waals surface area contributed by atoms with Gasteiger partial charge in [0.05, 0.1) is 22.8 Å². The molecule has 1 aliphatic carbocycles. The van der Waals surface area contributed by atoms with Gasteiger partial charge in [0.15, 0.2) is 5.75 Å². The standard InChI is InChI=1S/C21H24FN3O5/c1-2-3-19(26)24-8-6-23(7-9-24)17-11-16-14(10-15(17)22)20(27)18(30-21(28)29)12-25(16)13-4-5-13/h10-13H,2-9H2,1H3,(H,28,29). The lowest BCUT2D eigenvalue weighted by Crippen LogP contribution is -2.49. The van der Waals surface area contributed by atoms with Gasteiger partial charge >= 0.3 is 6.16 Å². The van der Waals surface area contributed by atoms with E-state index in [9.17, 15) is 18.8 Å². The summed E-state index contributed by atoms with van der Waals surface area (Å²) in [6.07, 6.45) is 2.93. The van der Waals surface area contributed by atoms with E-state index in [1.165, 1.54) is 6.20 Å². The third-order valence-corrected chi connectivity index (χ3v) is 5.64. The van der Waals surface area contributed by atoms with Crippen LogP contribution in [-0.2, 0) is 4.79 Å². The van der Waals surface area contributed by atoms with Crippen molar-refractivity contribution < 1.29 is 23.8 Å². The number of carboxylic acid groups (broad SMARTS) is 1. The summed E-state index contributed by atoms with van der Waals surface area (Å²) >= 11 is 0. The summed E-state index contributed by atoms with van der Waals surface area (Å²) in [5.41, 5.74) is 0.289. The van der Waals surface area contributed by atoms with Crippen LogP contribution in [0.15, 0.2) is 23.1 Å². The average Bonchev–Trinajstić information content (AvgIpc) is 3.55. The van der Waals surface area contributed by atoms with Crippen LogP contribution < -0.4 is 15.1 Å². The molecule has 0 bridgehead atoms. The molecule has 2 fully saturated rings. The van der Waals surface area contributed by atoms with Gasteiger partial charge in [0.25, 0.3) is 0 Å². The molecule has 2 heterocycles. The second kappa shape index (κ2) is 7.97. The molecule has 160 valence electrons. The number of nitrogens with zero attached hydrogens (tertiary/aromatic N) is 3. The fourth-order valence-corrected chi connectivity index (χ4v) is 3.97. The Balaban J connectivity index is 1.68. The zero-order chi connectivity index (χ0) is 21.4. The summed E-state index contributed by atoms with van der Waals surface area (Å²) < 4.78 is 21.4. The zero-order valence-corrected chi connectivity index (χ0v) is 16.8. The fraction of sp³-hybridized carbons (Fsp3) is 0.476. The Bertz CT molecular complexity index is 1050. The van der Waals surface area contributed by atoms with E-state index in [1.807, 2.05) is 11.8 Å². The van der Waals surface area contributed by atoms with Crippen molar-refractivity contribution >= 4 is 28.7 Å². The van der Waals surface area contributed by atoms with Crippen molar-refractivity contribution in [1.29, 1.82) is 0 Å². The van der Waals surface area contributed by atoms with Gasteiger partial charge in [0.1, 0.15) is 5.82 Å². The number of hydrogen-bond donors (Lipinski definition) is 1. The van der Waals surface area contributed by atoms with Gasteiger partial charge in [-0.3, -0.25) is 9.59 Å². The van der Waals surface area contributed by atoms with E-state index in [0.29, 0.717) is 43.8 Å². The minimum absolute atomic E-state index is 0.0960. The summed E-state index contributed by atoms with van der Waals surface area (Å²) in [4.78, 5) is 39.4. The zero-order valence-electron chi connectivity index (χ0n) is 16.8. The van der Waals surface area contributed by atoms with Crippen molar-refractivity contribution in [2.45, 2.75) is 38.6 Å². The number of halogens is 1. The number of amides is 1. The molecule has 0 atom stereocenters. The van der Waals surface area contributed by atoms with E-state index in [-0.39, 0.29) is 23.1 Å². The van der Waals surface area contributed by atoms with Crippen LogP contribution >= 0.6 is 0 Å². The SMILES string of the molecule is CCCC(=O)N1CCN(c2cc3c(cc2F)c(=O)c(OC(=O)O)cn3C2CC2)CC1. The molecular formula is C21H24FN3O5.